The number of pyridine rings is 1. The van der Waals surface area contributed by atoms with E-state index in [4.69, 9.17) is 7.85 Å². The van der Waals surface area contributed by atoms with Crippen molar-refractivity contribution in [3.63, 3.8) is 0 Å². The van der Waals surface area contributed by atoms with Crippen LogP contribution in [0.1, 0.15) is 44.7 Å². The van der Waals surface area contributed by atoms with Gasteiger partial charge in [-0.15, -0.1) is 5.53 Å². The Morgan fingerprint density at radius 3 is 2.61 bits per heavy atom. The molecule has 1 unspecified atom stereocenters. The molecule has 2 aliphatic rings. The number of hydrogen-bond acceptors (Lipinski definition) is 7. The molecule has 1 aliphatic heterocycles. The maximum atomic E-state index is 13.7. The number of hydrogen-bond donors (Lipinski definition) is 4. The van der Waals surface area contributed by atoms with Crippen LogP contribution in [-0.4, -0.2) is 30.4 Å². The highest BCUT2D eigenvalue weighted by Crippen LogP contribution is 2.36. The summed E-state index contributed by atoms with van der Waals surface area (Å²) in [6, 6.07) is 14.6. The van der Waals surface area contributed by atoms with Gasteiger partial charge in [-0.3, -0.25) is 9.99 Å². The first kappa shape index (κ1) is 24.0. The van der Waals surface area contributed by atoms with E-state index in [9.17, 15) is 9.65 Å². The number of aromatic nitrogens is 1. The van der Waals surface area contributed by atoms with Gasteiger partial charge in [-0.05, 0) is 54.2 Å². The molecule has 0 saturated heterocycles. The second-order valence-corrected chi connectivity index (χ2v) is 10.7. The van der Waals surface area contributed by atoms with Crippen LogP contribution < -0.4 is 21.6 Å². The lowest BCUT2D eigenvalue weighted by atomic mass is 9.69. The molecular weight excluding hydrogens is 452 g/mol. The van der Waals surface area contributed by atoms with Crippen LogP contribution in [0.25, 0.3) is 10.9 Å². The Kier molecular flexibility index (Phi) is 6.01. The molecule has 2 aromatic carbocycles. The number of anilines is 2. The van der Waals surface area contributed by atoms with E-state index in [2.05, 4.69) is 53.4 Å². The smallest absolute Gasteiger partial charge is 0.123 e. The average molecular weight is 481 g/mol. The molecule has 3 aromatic rings. The summed E-state index contributed by atoms with van der Waals surface area (Å²) in [7, 11) is 7.03. The van der Waals surface area contributed by atoms with Crippen LogP contribution in [0.2, 0.25) is 0 Å². The van der Waals surface area contributed by atoms with Gasteiger partial charge in [-0.1, -0.05) is 32.9 Å². The van der Waals surface area contributed by atoms with Crippen molar-refractivity contribution in [2.45, 2.75) is 45.1 Å². The fourth-order valence-corrected chi connectivity index (χ4v) is 4.21. The third-order valence-corrected chi connectivity index (χ3v) is 6.38. The van der Waals surface area contributed by atoms with Crippen molar-refractivity contribution in [1.82, 2.24) is 21.0 Å². The molecule has 36 heavy (non-hydrogen) atoms. The van der Waals surface area contributed by atoms with Gasteiger partial charge in [0.05, 0.1) is 27.9 Å². The fourth-order valence-electron chi connectivity index (χ4n) is 4.21. The largest absolute Gasteiger partial charge is 0.383 e. The highest BCUT2D eigenvalue weighted by molar-refractivity contribution is 6.19. The van der Waals surface area contributed by atoms with Crippen LogP contribution in [-0.2, 0) is 5.44 Å². The zero-order valence-electron chi connectivity index (χ0n) is 20.7. The molecule has 1 fully saturated rings. The van der Waals surface area contributed by atoms with Crippen LogP contribution >= 0.6 is 0 Å². The topological polar surface area (TPSA) is 88.0 Å². The van der Waals surface area contributed by atoms with Crippen LogP contribution in [0.4, 0.5) is 15.8 Å². The van der Waals surface area contributed by atoms with E-state index in [1.807, 2.05) is 29.4 Å². The lowest BCUT2D eigenvalue weighted by Gasteiger charge is -2.34. The van der Waals surface area contributed by atoms with Crippen molar-refractivity contribution >= 4 is 30.1 Å². The average Bonchev–Trinajstić information content (AvgIpc) is 3.57. The van der Waals surface area contributed by atoms with Crippen LogP contribution in [0, 0.1) is 22.6 Å². The molecule has 5 rings (SSSR count). The predicted octanol–water partition coefficient (Wildman–Crippen LogP) is 4.47. The Hall–Kier alpha value is -3.77. The van der Waals surface area contributed by atoms with Crippen molar-refractivity contribution in [3.05, 3.63) is 77.5 Å². The van der Waals surface area contributed by atoms with E-state index in [0.717, 1.165) is 35.1 Å². The molecule has 7 nitrogen and oxygen atoms in total. The molecule has 0 bridgehead atoms. The highest BCUT2D eigenvalue weighted by atomic mass is 19.1. The fraction of sp³-hybridized carbons (Fsp3) is 0.333. The van der Waals surface area contributed by atoms with Crippen LogP contribution in [0.15, 0.2) is 60.6 Å². The maximum absolute atomic E-state index is 13.7. The Balaban J connectivity index is 1.56. The van der Waals surface area contributed by atoms with E-state index in [1.165, 1.54) is 12.1 Å². The van der Waals surface area contributed by atoms with Gasteiger partial charge in [-0.25, -0.2) is 4.39 Å². The first-order chi connectivity index (χ1) is 17.2. The first-order valence-corrected chi connectivity index (χ1v) is 12.1. The Labute approximate surface area is 212 Å². The molecule has 0 spiro atoms. The maximum Gasteiger partial charge on any atom is 0.123 e. The second-order valence-electron chi connectivity index (χ2n) is 10.7. The second kappa shape index (κ2) is 9.03. The Bertz CT molecular complexity index is 1360. The minimum absolute atomic E-state index is 0.0220. The van der Waals surface area contributed by atoms with Crippen molar-refractivity contribution in [1.29, 1.82) is 5.26 Å². The standard InChI is InChI=1S/C27H29BFN7/c1-26(2,3)16-32-25-17(13-30)14-31-23-11-8-20(12-22(23)25)33-27(28,18-4-6-19(29)7-5-18)24-15-36(35-34-24)21-9-10-21/h4-8,11-12,14-15,21,33-35H,9-10,16H2,1-3H3,(H,31,32). The van der Waals surface area contributed by atoms with E-state index in [1.54, 1.807) is 18.3 Å². The molecule has 1 saturated carbocycles. The summed E-state index contributed by atoms with van der Waals surface area (Å²) < 4.78 is 13.7. The summed E-state index contributed by atoms with van der Waals surface area (Å²) in [5.74, 6) is -0.331. The highest BCUT2D eigenvalue weighted by Gasteiger charge is 2.37. The molecule has 2 radical (unpaired) electrons. The van der Waals surface area contributed by atoms with Crippen molar-refractivity contribution in [2.24, 2.45) is 5.41 Å². The summed E-state index contributed by atoms with van der Waals surface area (Å²) in [5.41, 5.74) is 9.31. The van der Waals surface area contributed by atoms with Crippen molar-refractivity contribution in [2.75, 3.05) is 17.2 Å². The van der Waals surface area contributed by atoms with Crippen molar-refractivity contribution in [3.8, 4) is 6.07 Å². The minimum atomic E-state index is -1.18. The van der Waals surface area contributed by atoms with Gasteiger partial charge in [0.25, 0.3) is 0 Å². The summed E-state index contributed by atoms with van der Waals surface area (Å²) >= 11 is 0. The molecule has 1 aliphatic carbocycles. The lowest BCUT2D eigenvalue weighted by Crippen LogP contribution is -2.45. The van der Waals surface area contributed by atoms with Crippen molar-refractivity contribution < 1.29 is 4.39 Å². The van der Waals surface area contributed by atoms with Gasteiger partial charge in [-0.2, -0.15) is 5.26 Å². The van der Waals surface area contributed by atoms with Gasteiger partial charge in [0, 0.05) is 36.1 Å². The van der Waals surface area contributed by atoms with Gasteiger partial charge in [0.15, 0.2) is 0 Å². The zero-order chi connectivity index (χ0) is 25.5. The molecule has 1 atom stereocenters. The zero-order valence-corrected chi connectivity index (χ0v) is 20.7. The molecule has 2 heterocycles. The van der Waals surface area contributed by atoms with Gasteiger partial charge < -0.3 is 16.1 Å². The minimum Gasteiger partial charge on any atom is -0.383 e. The number of rotatable bonds is 7. The predicted molar refractivity (Wildman–Crippen MR) is 141 cm³/mol. The quantitative estimate of drug-likeness (QED) is 0.371. The summed E-state index contributed by atoms with van der Waals surface area (Å²) in [6.45, 7) is 7.09. The number of nitrogens with zero attached hydrogens (tertiary/aromatic N) is 3. The monoisotopic (exact) mass is 481 g/mol. The van der Waals surface area contributed by atoms with Crippen LogP contribution in [0.5, 0.6) is 0 Å². The van der Waals surface area contributed by atoms with E-state index in [-0.39, 0.29) is 11.2 Å². The molecule has 9 heteroatoms. The summed E-state index contributed by atoms with van der Waals surface area (Å²) in [4.78, 5) is 4.47. The first-order valence-electron chi connectivity index (χ1n) is 12.1. The molecule has 182 valence electrons. The normalized spacial score (nSPS) is 17.2. The summed E-state index contributed by atoms with van der Waals surface area (Å²) in [5, 5.41) is 19.5. The third kappa shape index (κ3) is 4.82. The van der Waals surface area contributed by atoms with E-state index in [0.29, 0.717) is 29.4 Å². The van der Waals surface area contributed by atoms with Crippen LogP contribution in [0.3, 0.4) is 0 Å². The number of nitrogens with one attached hydrogen (secondary N) is 4. The number of halogens is 1. The molecule has 4 N–H and O–H groups in total. The van der Waals surface area contributed by atoms with E-state index < -0.39 is 5.44 Å². The number of fused-ring (bicyclic) bond motifs is 1. The number of nitriles is 1. The third-order valence-electron chi connectivity index (χ3n) is 6.38. The SMILES string of the molecule is [B]C(Nc1ccc2ncc(C#N)c(NCC(C)(C)C)c2c1)(C1=CN(C2CC2)NN1)c1ccc(F)cc1. The van der Waals surface area contributed by atoms with Gasteiger partial charge >= 0.3 is 0 Å². The Morgan fingerprint density at radius 1 is 1.19 bits per heavy atom. The summed E-state index contributed by atoms with van der Waals surface area (Å²) in [6.07, 6.45) is 5.78. The lowest BCUT2D eigenvalue weighted by molar-refractivity contribution is 0.260. The number of benzene rings is 2. The molecule has 1 aromatic heterocycles. The molecule has 0 amide bonds. The van der Waals surface area contributed by atoms with Gasteiger partial charge in [0.2, 0.25) is 0 Å². The van der Waals surface area contributed by atoms with E-state index >= 15 is 0 Å². The Morgan fingerprint density at radius 2 is 1.94 bits per heavy atom. The molecular formula is C27H29BFN7. The van der Waals surface area contributed by atoms with Gasteiger partial charge in [0.1, 0.15) is 19.7 Å². The number of hydrazine groups is 2.